The maximum atomic E-state index is 13.2. The van der Waals surface area contributed by atoms with Gasteiger partial charge in [0.25, 0.3) is 5.91 Å². The minimum Gasteiger partial charge on any atom is -0.489 e. The summed E-state index contributed by atoms with van der Waals surface area (Å²) in [5, 5.41) is 2.00. The number of rotatable bonds is 6. The summed E-state index contributed by atoms with van der Waals surface area (Å²) in [7, 11) is 0. The van der Waals surface area contributed by atoms with Crippen molar-refractivity contribution in [2.24, 2.45) is 0 Å². The number of ether oxygens (including phenoxy) is 2. The van der Waals surface area contributed by atoms with Crippen molar-refractivity contribution >= 4 is 28.9 Å². The first-order valence-corrected chi connectivity index (χ1v) is 10.6. The molecular weight excluding hydrogens is 382 g/mol. The molecule has 29 heavy (non-hydrogen) atoms. The van der Waals surface area contributed by atoms with Gasteiger partial charge in [0.2, 0.25) is 0 Å². The Balaban J connectivity index is 1.56. The van der Waals surface area contributed by atoms with Crippen LogP contribution in [0, 0.1) is 0 Å². The summed E-state index contributed by atoms with van der Waals surface area (Å²) in [6.45, 7) is 2.95. The zero-order valence-electron chi connectivity index (χ0n) is 16.1. The van der Waals surface area contributed by atoms with E-state index in [-0.39, 0.29) is 5.91 Å². The average molecular weight is 406 g/mol. The zero-order valence-corrected chi connectivity index (χ0v) is 16.9. The third kappa shape index (κ3) is 5.13. The van der Waals surface area contributed by atoms with Crippen LogP contribution < -0.4 is 4.74 Å². The highest BCUT2D eigenvalue weighted by atomic mass is 32.1. The molecule has 3 aromatic rings. The van der Waals surface area contributed by atoms with E-state index in [1.54, 1.807) is 11.3 Å². The smallest absolute Gasteiger partial charge is 0.255 e. The van der Waals surface area contributed by atoms with Crippen LogP contribution in [0.4, 0.5) is 0 Å². The second kappa shape index (κ2) is 9.54. The van der Waals surface area contributed by atoms with Crippen LogP contribution in [0.3, 0.4) is 0 Å². The minimum absolute atomic E-state index is 0.0476. The fourth-order valence-electron chi connectivity index (χ4n) is 3.21. The molecule has 2 heterocycles. The lowest BCUT2D eigenvalue weighted by atomic mass is 10.1. The predicted molar refractivity (Wildman–Crippen MR) is 117 cm³/mol. The lowest BCUT2D eigenvalue weighted by Gasteiger charge is -2.27. The number of morpholine rings is 1. The Bertz CT molecular complexity index is 961. The van der Waals surface area contributed by atoms with E-state index in [1.165, 1.54) is 0 Å². The number of amides is 1. The van der Waals surface area contributed by atoms with Crippen molar-refractivity contribution in [3.05, 3.63) is 88.1 Å². The molecule has 1 saturated heterocycles. The Morgan fingerprint density at radius 3 is 2.62 bits per heavy atom. The molecule has 0 bridgehead atoms. The molecule has 0 atom stereocenters. The van der Waals surface area contributed by atoms with Crippen molar-refractivity contribution in [2.75, 3.05) is 26.3 Å². The molecule has 1 aliphatic rings. The maximum absolute atomic E-state index is 13.2. The Kier molecular flexibility index (Phi) is 6.39. The quantitative estimate of drug-likeness (QED) is 0.557. The Hall–Kier alpha value is -2.89. The van der Waals surface area contributed by atoms with E-state index in [2.05, 4.69) is 0 Å². The summed E-state index contributed by atoms with van der Waals surface area (Å²) in [5.74, 6) is 0.832. The summed E-state index contributed by atoms with van der Waals surface area (Å²) < 4.78 is 11.3. The van der Waals surface area contributed by atoms with E-state index >= 15 is 0 Å². The fourth-order valence-corrected chi connectivity index (χ4v) is 3.94. The molecule has 0 saturated carbocycles. The fraction of sp³-hybridized carbons (Fsp3) is 0.208. The van der Waals surface area contributed by atoms with Gasteiger partial charge in [-0.2, -0.15) is 0 Å². The van der Waals surface area contributed by atoms with Crippen LogP contribution in [0.15, 0.2) is 72.1 Å². The van der Waals surface area contributed by atoms with Gasteiger partial charge in [-0.3, -0.25) is 4.79 Å². The monoisotopic (exact) mass is 405 g/mol. The predicted octanol–water partition coefficient (Wildman–Crippen LogP) is 4.73. The zero-order chi connectivity index (χ0) is 19.9. The number of thiophene rings is 1. The van der Waals surface area contributed by atoms with E-state index in [9.17, 15) is 4.79 Å². The first kappa shape index (κ1) is 19.4. The van der Waals surface area contributed by atoms with Gasteiger partial charge in [0.15, 0.2) is 0 Å². The molecule has 0 aliphatic carbocycles. The molecule has 0 N–H and O–H groups in total. The minimum atomic E-state index is 0.0476. The van der Waals surface area contributed by atoms with E-state index in [0.717, 1.165) is 21.8 Å². The lowest BCUT2D eigenvalue weighted by molar-refractivity contribution is -0.128. The summed E-state index contributed by atoms with van der Waals surface area (Å²) in [6.07, 6.45) is 1.96. The molecule has 1 amide bonds. The molecular formula is C24H23NO3S. The Labute approximate surface area is 175 Å². The van der Waals surface area contributed by atoms with Crippen LogP contribution in [-0.2, 0) is 16.1 Å². The molecule has 2 aromatic carbocycles. The number of hydrogen-bond acceptors (Lipinski definition) is 4. The van der Waals surface area contributed by atoms with Crippen molar-refractivity contribution in [3.8, 4) is 5.75 Å². The molecule has 0 unspecified atom stereocenters. The summed E-state index contributed by atoms with van der Waals surface area (Å²) >= 11 is 1.58. The molecule has 1 aliphatic heterocycles. The maximum Gasteiger partial charge on any atom is 0.255 e. The van der Waals surface area contributed by atoms with Gasteiger partial charge in [-0.25, -0.2) is 0 Å². The van der Waals surface area contributed by atoms with Gasteiger partial charge >= 0.3 is 0 Å². The standard InChI is InChI=1S/C24H23NO3S/c26-24(25-11-13-27-14-12-25)22(23-10-5-15-29-23)17-20-8-4-9-21(16-20)28-18-19-6-2-1-3-7-19/h1-10,15-17H,11-14,18H2/b22-17+. The van der Waals surface area contributed by atoms with Crippen molar-refractivity contribution in [1.82, 2.24) is 4.90 Å². The molecule has 4 nitrogen and oxygen atoms in total. The SMILES string of the molecule is O=C(/C(=C/c1cccc(OCc2ccccc2)c1)c1cccs1)N1CCOCC1. The highest BCUT2D eigenvalue weighted by Crippen LogP contribution is 2.27. The van der Waals surface area contributed by atoms with Crippen LogP contribution in [0.2, 0.25) is 0 Å². The summed E-state index contributed by atoms with van der Waals surface area (Å²) in [6, 6.07) is 21.9. The molecule has 148 valence electrons. The van der Waals surface area contributed by atoms with Gasteiger partial charge < -0.3 is 14.4 Å². The third-order valence-electron chi connectivity index (χ3n) is 4.73. The van der Waals surface area contributed by atoms with E-state index < -0.39 is 0 Å². The van der Waals surface area contributed by atoms with Crippen LogP contribution in [0.25, 0.3) is 11.6 Å². The third-order valence-corrected chi connectivity index (χ3v) is 5.64. The molecule has 4 rings (SSSR count). The molecule has 0 spiro atoms. The first-order chi connectivity index (χ1) is 14.3. The first-order valence-electron chi connectivity index (χ1n) is 9.69. The number of carbonyl (C=O) groups is 1. The Morgan fingerprint density at radius 2 is 1.86 bits per heavy atom. The van der Waals surface area contributed by atoms with Crippen LogP contribution in [-0.4, -0.2) is 37.1 Å². The van der Waals surface area contributed by atoms with Crippen molar-refractivity contribution < 1.29 is 14.3 Å². The molecule has 5 heteroatoms. The van der Waals surface area contributed by atoms with Crippen molar-refractivity contribution in [2.45, 2.75) is 6.61 Å². The van der Waals surface area contributed by atoms with Crippen LogP contribution in [0.1, 0.15) is 16.0 Å². The summed E-state index contributed by atoms with van der Waals surface area (Å²) in [4.78, 5) is 16.0. The Morgan fingerprint density at radius 1 is 1.03 bits per heavy atom. The van der Waals surface area contributed by atoms with Crippen LogP contribution >= 0.6 is 11.3 Å². The van der Waals surface area contributed by atoms with Gasteiger partial charge in [0.05, 0.1) is 18.8 Å². The van der Waals surface area contributed by atoms with Crippen molar-refractivity contribution in [3.63, 3.8) is 0 Å². The molecule has 1 fully saturated rings. The lowest BCUT2D eigenvalue weighted by Crippen LogP contribution is -2.41. The highest BCUT2D eigenvalue weighted by Gasteiger charge is 2.22. The van der Waals surface area contributed by atoms with E-state index in [4.69, 9.17) is 9.47 Å². The van der Waals surface area contributed by atoms with Gasteiger partial charge in [0.1, 0.15) is 12.4 Å². The van der Waals surface area contributed by atoms with Crippen molar-refractivity contribution in [1.29, 1.82) is 0 Å². The number of benzene rings is 2. The topological polar surface area (TPSA) is 38.8 Å². The molecule has 1 aromatic heterocycles. The highest BCUT2D eigenvalue weighted by molar-refractivity contribution is 7.11. The van der Waals surface area contributed by atoms with Crippen LogP contribution in [0.5, 0.6) is 5.75 Å². The second-order valence-corrected chi connectivity index (χ2v) is 7.73. The van der Waals surface area contributed by atoms with E-state index in [0.29, 0.717) is 38.5 Å². The van der Waals surface area contributed by atoms with Gasteiger partial charge in [0, 0.05) is 18.0 Å². The summed E-state index contributed by atoms with van der Waals surface area (Å²) in [5.41, 5.74) is 2.78. The van der Waals surface area contributed by atoms with Gasteiger partial charge in [-0.15, -0.1) is 11.3 Å². The number of carbonyl (C=O) groups excluding carboxylic acids is 1. The average Bonchev–Trinajstić information content (AvgIpc) is 3.32. The largest absolute Gasteiger partial charge is 0.489 e. The normalized spacial score (nSPS) is 14.6. The number of nitrogens with zero attached hydrogens (tertiary/aromatic N) is 1. The van der Waals surface area contributed by atoms with E-state index in [1.807, 2.05) is 83.1 Å². The number of hydrogen-bond donors (Lipinski definition) is 0. The molecule has 0 radical (unpaired) electrons. The van der Waals surface area contributed by atoms with Gasteiger partial charge in [-0.1, -0.05) is 48.5 Å². The van der Waals surface area contributed by atoms with Gasteiger partial charge in [-0.05, 0) is 40.8 Å². The second-order valence-electron chi connectivity index (χ2n) is 6.79.